The Hall–Kier alpha value is -0.410. The number of nitrogens with one attached hydrogen (secondary N) is 1. The fourth-order valence-corrected chi connectivity index (χ4v) is 3.39. The van der Waals surface area contributed by atoms with Crippen LogP contribution in [0.5, 0.6) is 0 Å². The van der Waals surface area contributed by atoms with Crippen molar-refractivity contribution in [3.05, 3.63) is 15.6 Å². The zero-order valence-corrected chi connectivity index (χ0v) is 10.0. The van der Waals surface area contributed by atoms with E-state index in [2.05, 4.69) is 26.2 Å². The summed E-state index contributed by atoms with van der Waals surface area (Å²) in [7, 11) is 2.07. The molecular formula is C11H18N2S. The van der Waals surface area contributed by atoms with Crippen molar-refractivity contribution in [3.63, 3.8) is 0 Å². The lowest BCUT2D eigenvalue weighted by atomic mass is 9.99. The van der Waals surface area contributed by atoms with Crippen molar-refractivity contribution in [3.8, 4) is 0 Å². The van der Waals surface area contributed by atoms with Crippen LogP contribution in [0.25, 0.3) is 0 Å². The van der Waals surface area contributed by atoms with Crippen LogP contribution in [0.3, 0.4) is 0 Å². The molecule has 2 nitrogen and oxygen atoms in total. The first-order chi connectivity index (χ1) is 6.68. The van der Waals surface area contributed by atoms with E-state index in [0.29, 0.717) is 0 Å². The fraction of sp³-hybridized carbons (Fsp3) is 0.727. The van der Waals surface area contributed by atoms with E-state index in [1.54, 1.807) is 0 Å². The molecule has 1 fully saturated rings. The second-order valence-electron chi connectivity index (χ2n) is 4.20. The van der Waals surface area contributed by atoms with Crippen LogP contribution in [-0.4, -0.2) is 12.0 Å². The summed E-state index contributed by atoms with van der Waals surface area (Å²) in [6.07, 6.45) is 5.16. The Balaban J connectivity index is 2.36. The third kappa shape index (κ3) is 1.48. The molecular weight excluding hydrogens is 192 g/mol. The molecule has 0 amide bonds. The highest BCUT2D eigenvalue weighted by atomic mass is 32.1. The van der Waals surface area contributed by atoms with Crippen LogP contribution in [0.2, 0.25) is 0 Å². The number of rotatable bonds is 2. The van der Waals surface area contributed by atoms with Gasteiger partial charge in [0.15, 0.2) is 0 Å². The molecule has 1 N–H and O–H groups in total. The Morgan fingerprint density at radius 3 is 2.36 bits per heavy atom. The van der Waals surface area contributed by atoms with Gasteiger partial charge in [0.2, 0.25) is 0 Å². The van der Waals surface area contributed by atoms with Gasteiger partial charge >= 0.3 is 0 Å². The smallest absolute Gasteiger partial charge is 0.113 e. The molecule has 0 unspecified atom stereocenters. The summed E-state index contributed by atoms with van der Waals surface area (Å²) >= 11 is 1.86. The molecule has 1 aromatic rings. The molecule has 1 heterocycles. The van der Waals surface area contributed by atoms with E-state index in [0.717, 1.165) is 0 Å². The zero-order valence-electron chi connectivity index (χ0n) is 9.18. The van der Waals surface area contributed by atoms with Crippen molar-refractivity contribution in [1.29, 1.82) is 0 Å². The maximum atomic E-state index is 4.69. The quantitative estimate of drug-likeness (QED) is 0.812. The Bertz CT molecular complexity index is 305. The van der Waals surface area contributed by atoms with Crippen LogP contribution in [0.15, 0.2) is 0 Å². The van der Waals surface area contributed by atoms with Gasteiger partial charge in [-0.05, 0) is 33.7 Å². The van der Waals surface area contributed by atoms with Crippen molar-refractivity contribution in [2.24, 2.45) is 0 Å². The number of hydrogen-bond acceptors (Lipinski definition) is 3. The SMILES string of the molecule is CNC1(c2nc(C)c(C)s2)CCCC1. The van der Waals surface area contributed by atoms with Gasteiger partial charge in [0.1, 0.15) is 5.01 Å². The molecule has 78 valence electrons. The van der Waals surface area contributed by atoms with Gasteiger partial charge in [0.25, 0.3) is 0 Å². The highest BCUT2D eigenvalue weighted by Gasteiger charge is 2.36. The number of thiazole rings is 1. The summed E-state index contributed by atoms with van der Waals surface area (Å²) in [6.45, 7) is 4.27. The largest absolute Gasteiger partial charge is 0.308 e. The van der Waals surface area contributed by atoms with Gasteiger partial charge in [-0.1, -0.05) is 12.8 Å². The van der Waals surface area contributed by atoms with Crippen molar-refractivity contribution in [2.75, 3.05) is 7.05 Å². The van der Waals surface area contributed by atoms with Crippen LogP contribution in [0, 0.1) is 13.8 Å². The molecule has 0 spiro atoms. The number of nitrogens with zero attached hydrogens (tertiary/aromatic N) is 1. The zero-order chi connectivity index (χ0) is 10.2. The molecule has 1 saturated carbocycles. The van der Waals surface area contributed by atoms with Gasteiger partial charge in [0.05, 0.1) is 11.2 Å². The van der Waals surface area contributed by atoms with Crippen LogP contribution < -0.4 is 5.32 Å². The first-order valence-corrected chi connectivity index (χ1v) is 6.13. The molecule has 0 aliphatic heterocycles. The second-order valence-corrected chi connectivity index (χ2v) is 5.40. The van der Waals surface area contributed by atoms with Gasteiger partial charge in [-0.15, -0.1) is 11.3 Å². The van der Waals surface area contributed by atoms with Crippen molar-refractivity contribution >= 4 is 11.3 Å². The molecule has 1 aliphatic rings. The maximum absolute atomic E-state index is 4.69. The molecule has 0 aromatic carbocycles. The lowest BCUT2D eigenvalue weighted by Gasteiger charge is -2.25. The van der Waals surface area contributed by atoms with Crippen molar-refractivity contribution in [1.82, 2.24) is 10.3 Å². The van der Waals surface area contributed by atoms with Gasteiger partial charge in [0, 0.05) is 4.88 Å². The summed E-state index contributed by atoms with van der Waals surface area (Å²) in [5.74, 6) is 0. The highest BCUT2D eigenvalue weighted by molar-refractivity contribution is 7.11. The number of hydrogen-bond donors (Lipinski definition) is 1. The minimum absolute atomic E-state index is 0.198. The maximum Gasteiger partial charge on any atom is 0.113 e. The monoisotopic (exact) mass is 210 g/mol. The van der Waals surface area contributed by atoms with E-state index < -0.39 is 0 Å². The van der Waals surface area contributed by atoms with Gasteiger partial charge in [-0.25, -0.2) is 4.98 Å². The predicted molar refractivity (Wildman–Crippen MR) is 60.8 cm³/mol. The molecule has 14 heavy (non-hydrogen) atoms. The lowest BCUT2D eigenvalue weighted by Crippen LogP contribution is -2.36. The van der Waals surface area contributed by atoms with Crippen LogP contribution >= 0.6 is 11.3 Å². The summed E-state index contributed by atoms with van der Waals surface area (Å²) in [5.41, 5.74) is 1.40. The van der Waals surface area contributed by atoms with Gasteiger partial charge in [-0.2, -0.15) is 0 Å². The van der Waals surface area contributed by atoms with Crippen molar-refractivity contribution in [2.45, 2.75) is 45.1 Å². The van der Waals surface area contributed by atoms with Gasteiger partial charge in [-0.3, -0.25) is 0 Å². The Morgan fingerprint density at radius 1 is 1.29 bits per heavy atom. The van der Waals surface area contributed by atoms with E-state index in [9.17, 15) is 0 Å². The normalized spacial score (nSPS) is 20.2. The van der Waals surface area contributed by atoms with Crippen LogP contribution in [-0.2, 0) is 5.54 Å². The molecule has 1 aliphatic carbocycles. The Labute approximate surface area is 89.8 Å². The van der Waals surface area contributed by atoms with E-state index >= 15 is 0 Å². The lowest BCUT2D eigenvalue weighted by molar-refractivity contribution is 0.370. The minimum Gasteiger partial charge on any atom is -0.308 e. The molecule has 3 heteroatoms. The summed E-state index contributed by atoms with van der Waals surface area (Å²) in [4.78, 5) is 6.05. The summed E-state index contributed by atoms with van der Waals surface area (Å²) in [5, 5.41) is 4.78. The highest BCUT2D eigenvalue weighted by Crippen LogP contribution is 2.40. The van der Waals surface area contributed by atoms with Crippen LogP contribution in [0.1, 0.15) is 41.3 Å². The van der Waals surface area contributed by atoms with Crippen LogP contribution in [0.4, 0.5) is 0 Å². The average Bonchev–Trinajstić information content (AvgIpc) is 2.75. The van der Waals surface area contributed by atoms with E-state index in [1.807, 2.05) is 11.3 Å². The minimum atomic E-state index is 0.198. The van der Waals surface area contributed by atoms with Gasteiger partial charge < -0.3 is 5.32 Å². The van der Waals surface area contributed by atoms with E-state index in [4.69, 9.17) is 4.98 Å². The van der Waals surface area contributed by atoms with E-state index in [-0.39, 0.29) is 5.54 Å². The second kappa shape index (κ2) is 3.63. The molecule has 2 rings (SSSR count). The predicted octanol–water partition coefficient (Wildman–Crippen LogP) is 2.75. The molecule has 0 bridgehead atoms. The first-order valence-electron chi connectivity index (χ1n) is 5.31. The first kappa shape index (κ1) is 10.1. The number of aryl methyl sites for hydroxylation is 2. The summed E-state index contributed by atoms with van der Waals surface area (Å²) < 4.78 is 0. The average molecular weight is 210 g/mol. The van der Waals surface area contributed by atoms with Crippen molar-refractivity contribution < 1.29 is 0 Å². The fourth-order valence-electron chi connectivity index (χ4n) is 2.23. The summed E-state index contributed by atoms with van der Waals surface area (Å²) in [6, 6.07) is 0. The molecule has 0 saturated heterocycles. The third-order valence-corrected chi connectivity index (χ3v) is 4.65. The standard InChI is InChI=1S/C11H18N2S/c1-8-9(2)14-10(13-8)11(12-3)6-4-5-7-11/h12H,4-7H2,1-3H3. The Kier molecular flexibility index (Phi) is 2.62. The molecule has 0 atom stereocenters. The van der Waals surface area contributed by atoms with E-state index in [1.165, 1.54) is 41.3 Å². The Morgan fingerprint density at radius 2 is 1.93 bits per heavy atom. The number of aromatic nitrogens is 1. The third-order valence-electron chi connectivity index (χ3n) is 3.37. The topological polar surface area (TPSA) is 24.9 Å². The molecule has 1 aromatic heterocycles. The molecule has 0 radical (unpaired) electrons.